The number of fused-ring (bicyclic) bond motifs is 3. The molecule has 0 amide bonds. The van der Waals surface area contributed by atoms with Gasteiger partial charge in [-0.15, -0.1) is 0 Å². The predicted molar refractivity (Wildman–Crippen MR) is 128 cm³/mol. The molecule has 2 aliphatic carbocycles. The van der Waals surface area contributed by atoms with Gasteiger partial charge in [-0.25, -0.2) is 4.68 Å². The van der Waals surface area contributed by atoms with E-state index in [1.54, 1.807) is 4.68 Å². The molecule has 1 fully saturated rings. The van der Waals surface area contributed by atoms with Gasteiger partial charge in [-0.1, -0.05) is 26.0 Å². The van der Waals surface area contributed by atoms with Gasteiger partial charge in [0.05, 0.1) is 17.5 Å². The Morgan fingerprint density at radius 2 is 1.88 bits per heavy atom. The van der Waals surface area contributed by atoms with Gasteiger partial charge in [0.2, 0.25) is 5.91 Å². The lowest BCUT2D eigenvalue weighted by Crippen LogP contribution is -2.20. The summed E-state index contributed by atoms with van der Waals surface area (Å²) in [6, 6.07) is 4.04. The lowest BCUT2D eigenvalue weighted by atomic mass is 9.98. The van der Waals surface area contributed by atoms with Crippen molar-refractivity contribution in [3.8, 4) is 5.75 Å². The van der Waals surface area contributed by atoms with Crippen LogP contribution in [0.25, 0.3) is 0 Å². The molecule has 2 aromatic rings. The standard InChI is InChI=1S/C27H36N2O5/c1-15-10-18(11-16(2)26(15)34-14-20(32)8-7-19(31)13-30)6-9-23(33)29-22-12-21-25(27(21,4)5)24(22)17(3)28-29/h10-11,20-21,25,30,32H,6-9,12-14H2,1-5H3. The van der Waals surface area contributed by atoms with Crippen molar-refractivity contribution >= 4 is 11.7 Å². The van der Waals surface area contributed by atoms with Crippen molar-refractivity contribution in [3.05, 3.63) is 45.8 Å². The molecule has 7 heteroatoms. The number of aliphatic hydroxyl groups excluding tert-OH is 2. The summed E-state index contributed by atoms with van der Waals surface area (Å²) >= 11 is 0. The molecular weight excluding hydrogens is 432 g/mol. The zero-order valence-electron chi connectivity index (χ0n) is 20.9. The third kappa shape index (κ3) is 4.56. The highest BCUT2D eigenvalue weighted by Gasteiger charge is 2.64. The first-order valence-electron chi connectivity index (χ1n) is 12.2. The molecule has 2 N–H and O–H groups in total. The summed E-state index contributed by atoms with van der Waals surface area (Å²) in [5.41, 5.74) is 6.71. The fourth-order valence-corrected chi connectivity index (χ4v) is 5.74. The summed E-state index contributed by atoms with van der Waals surface area (Å²) in [6.07, 6.45) is 1.57. The van der Waals surface area contributed by atoms with Crippen molar-refractivity contribution < 1.29 is 24.5 Å². The van der Waals surface area contributed by atoms with Gasteiger partial charge in [-0.05, 0) is 74.0 Å². The second-order valence-corrected chi connectivity index (χ2v) is 10.6. The molecule has 3 atom stereocenters. The van der Waals surface area contributed by atoms with Gasteiger partial charge >= 0.3 is 0 Å². The molecular formula is C27H36N2O5. The highest BCUT2D eigenvalue weighted by atomic mass is 16.5. The summed E-state index contributed by atoms with van der Waals surface area (Å²) in [7, 11) is 0. The zero-order valence-corrected chi connectivity index (χ0v) is 20.9. The number of ether oxygens (including phenoxy) is 1. The van der Waals surface area contributed by atoms with E-state index >= 15 is 0 Å². The van der Waals surface area contributed by atoms with E-state index in [2.05, 4.69) is 18.9 Å². The van der Waals surface area contributed by atoms with Crippen molar-refractivity contribution in [2.24, 2.45) is 11.3 Å². The fourth-order valence-electron chi connectivity index (χ4n) is 5.74. The van der Waals surface area contributed by atoms with Crippen LogP contribution in [0.1, 0.15) is 77.5 Å². The third-order valence-corrected chi connectivity index (χ3v) is 7.72. The summed E-state index contributed by atoms with van der Waals surface area (Å²) in [4.78, 5) is 24.2. The lowest BCUT2D eigenvalue weighted by molar-refractivity contribution is -0.122. The average molecular weight is 469 g/mol. The number of aryl methyl sites for hydroxylation is 4. The van der Waals surface area contributed by atoms with E-state index in [0.717, 1.165) is 34.5 Å². The van der Waals surface area contributed by atoms with Gasteiger partial charge < -0.3 is 14.9 Å². The summed E-state index contributed by atoms with van der Waals surface area (Å²) in [6.45, 7) is 10.1. The van der Waals surface area contributed by atoms with E-state index < -0.39 is 12.7 Å². The van der Waals surface area contributed by atoms with Crippen LogP contribution in [-0.2, 0) is 17.6 Å². The van der Waals surface area contributed by atoms with Gasteiger partial charge in [0, 0.05) is 18.4 Å². The van der Waals surface area contributed by atoms with Crippen LogP contribution in [0.5, 0.6) is 5.75 Å². The Morgan fingerprint density at radius 3 is 2.53 bits per heavy atom. The SMILES string of the molecule is Cc1cc(CCC(=O)n2nc(C)c3c2CC2C3C2(C)C)cc(C)c1OCC(O)CCC(=O)CO. The molecule has 2 aliphatic rings. The monoisotopic (exact) mass is 468 g/mol. The largest absolute Gasteiger partial charge is 0.490 e. The minimum Gasteiger partial charge on any atom is -0.490 e. The van der Waals surface area contributed by atoms with Crippen molar-refractivity contribution in [3.63, 3.8) is 0 Å². The van der Waals surface area contributed by atoms with Crippen LogP contribution in [-0.4, -0.2) is 51.0 Å². The Hall–Kier alpha value is -2.51. The highest BCUT2D eigenvalue weighted by molar-refractivity contribution is 5.80. The molecule has 0 spiro atoms. The molecule has 0 aliphatic heterocycles. The number of Topliss-reactive ketones (excluding diaryl/α,β-unsaturated/α-hetero) is 1. The van der Waals surface area contributed by atoms with E-state index in [0.29, 0.717) is 35.8 Å². The minimum atomic E-state index is -0.775. The molecule has 0 bridgehead atoms. The van der Waals surface area contributed by atoms with Crippen molar-refractivity contribution in [2.45, 2.75) is 78.7 Å². The number of rotatable bonds is 10. The van der Waals surface area contributed by atoms with Gasteiger partial charge in [-0.2, -0.15) is 5.10 Å². The Bertz CT molecular complexity index is 1090. The topological polar surface area (TPSA) is 102 Å². The Morgan fingerprint density at radius 1 is 1.21 bits per heavy atom. The first-order valence-corrected chi connectivity index (χ1v) is 12.2. The molecule has 184 valence electrons. The van der Waals surface area contributed by atoms with E-state index in [1.165, 1.54) is 5.56 Å². The quantitative estimate of drug-likeness (QED) is 0.554. The maximum absolute atomic E-state index is 13.0. The van der Waals surface area contributed by atoms with Crippen LogP contribution in [0.2, 0.25) is 0 Å². The minimum absolute atomic E-state index is 0.0413. The molecule has 1 aromatic heterocycles. The molecule has 3 unspecified atom stereocenters. The van der Waals surface area contributed by atoms with Crippen LogP contribution in [0, 0.1) is 32.1 Å². The van der Waals surface area contributed by atoms with Gasteiger partial charge in [0.25, 0.3) is 0 Å². The van der Waals surface area contributed by atoms with Crippen LogP contribution in [0.4, 0.5) is 0 Å². The highest BCUT2D eigenvalue weighted by Crippen LogP contribution is 2.70. The second-order valence-electron chi connectivity index (χ2n) is 10.6. The lowest BCUT2D eigenvalue weighted by Gasteiger charge is -2.17. The molecule has 34 heavy (non-hydrogen) atoms. The molecule has 1 heterocycles. The van der Waals surface area contributed by atoms with Gasteiger partial charge in [0.15, 0.2) is 5.78 Å². The number of benzene rings is 1. The second kappa shape index (κ2) is 9.27. The van der Waals surface area contributed by atoms with Crippen LogP contribution < -0.4 is 4.74 Å². The first kappa shape index (κ1) is 24.6. The van der Waals surface area contributed by atoms with Gasteiger partial charge in [0.1, 0.15) is 19.0 Å². The van der Waals surface area contributed by atoms with Crippen molar-refractivity contribution in [2.75, 3.05) is 13.2 Å². The third-order valence-electron chi connectivity index (χ3n) is 7.72. The number of hydrogen-bond donors (Lipinski definition) is 2. The Labute approximate surface area is 201 Å². The van der Waals surface area contributed by atoms with E-state index in [9.17, 15) is 14.7 Å². The van der Waals surface area contributed by atoms with Crippen LogP contribution in [0.15, 0.2) is 12.1 Å². The molecule has 0 radical (unpaired) electrons. The fraction of sp³-hybridized carbons (Fsp3) is 0.593. The van der Waals surface area contributed by atoms with E-state index in [-0.39, 0.29) is 31.1 Å². The number of nitrogens with zero attached hydrogens (tertiary/aromatic N) is 2. The van der Waals surface area contributed by atoms with E-state index in [1.807, 2.05) is 32.9 Å². The average Bonchev–Trinajstić information content (AvgIpc) is 3.10. The Kier molecular flexibility index (Phi) is 6.71. The number of carbonyl (C=O) groups excluding carboxylic acids is 2. The molecule has 7 nitrogen and oxygen atoms in total. The van der Waals surface area contributed by atoms with Crippen LogP contribution in [0.3, 0.4) is 0 Å². The molecule has 1 aromatic carbocycles. The van der Waals surface area contributed by atoms with Gasteiger partial charge in [-0.3, -0.25) is 9.59 Å². The Balaban J connectivity index is 1.35. The summed E-state index contributed by atoms with van der Waals surface area (Å²) in [5, 5.41) is 23.4. The first-order chi connectivity index (χ1) is 16.0. The summed E-state index contributed by atoms with van der Waals surface area (Å²) in [5.74, 6) is 1.66. The normalized spacial score (nSPS) is 20.6. The number of aromatic nitrogens is 2. The van der Waals surface area contributed by atoms with Crippen molar-refractivity contribution in [1.29, 1.82) is 0 Å². The number of ketones is 1. The zero-order chi connectivity index (χ0) is 24.8. The maximum atomic E-state index is 13.0. The molecule has 1 saturated carbocycles. The number of aliphatic hydroxyl groups is 2. The molecule has 0 saturated heterocycles. The van der Waals surface area contributed by atoms with Crippen LogP contribution >= 0.6 is 0 Å². The molecule has 4 rings (SSSR count). The van der Waals surface area contributed by atoms with E-state index in [4.69, 9.17) is 9.84 Å². The summed E-state index contributed by atoms with van der Waals surface area (Å²) < 4.78 is 7.48. The van der Waals surface area contributed by atoms with Crippen molar-refractivity contribution in [1.82, 2.24) is 9.78 Å². The smallest absolute Gasteiger partial charge is 0.247 e. The number of hydrogen-bond acceptors (Lipinski definition) is 6. The predicted octanol–water partition coefficient (Wildman–Crippen LogP) is 3.46. The number of carbonyl (C=O) groups is 2. The maximum Gasteiger partial charge on any atom is 0.247 e.